The summed E-state index contributed by atoms with van der Waals surface area (Å²) < 4.78 is 18.8. The molecule has 0 spiro atoms. The maximum absolute atomic E-state index is 14.0. The number of likely N-dealkylation sites (tertiary alicyclic amines) is 1. The molecule has 7 rings (SSSR count). The third-order valence-corrected chi connectivity index (χ3v) is 17.1. The largest absolute Gasteiger partial charge is 0.507 e. The molecule has 4 atom stereocenters. The number of amides is 3. The lowest BCUT2D eigenvalue weighted by molar-refractivity contribution is -0.137. The summed E-state index contributed by atoms with van der Waals surface area (Å²) in [5.41, 5.74) is 3.96. The van der Waals surface area contributed by atoms with E-state index < -0.39 is 57.2 Å². The van der Waals surface area contributed by atoms with Crippen molar-refractivity contribution >= 4 is 60.6 Å². The smallest absolute Gasteiger partial charge is 0.455 e. The summed E-state index contributed by atoms with van der Waals surface area (Å²) in [5.74, 6) is -3.11. The molecule has 9 nitrogen and oxygen atoms in total. The summed E-state index contributed by atoms with van der Waals surface area (Å²) in [6.07, 6.45) is 3.89. The second-order valence-electron chi connectivity index (χ2n) is 16.6. The van der Waals surface area contributed by atoms with Crippen molar-refractivity contribution in [2.45, 2.75) is 77.3 Å². The number of benzene rings is 4. The van der Waals surface area contributed by atoms with Gasteiger partial charge in [0, 0.05) is 5.39 Å². The lowest BCUT2D eigenvalue weighted by atomic mass is 9.58. The number of allylic oxidation sites excluding steroid dienone is 1. The van der Waals surface area contributed by atoms with Gasteiger partial charge in [0.15, 0.2) is 0 Å². The molecule has 0 aromatic heterocycles. The van der Waals surface area contributed by atoms with Crippen molar-refractivity contribution in [3.05, 3.63) is 119 Å². The SMILES string of the molecule is CCC/C(=C\c1ccc(O)c2ccccc12)CC[C@H]1OB(O)C[C@H]2C1=C(CO[Si](c1ccccc1)(c1ccccc1)C(C)(C)C)C[C@H]1C(=O)N(C(=O)OC)C(=O)[C@H]12. The van der Waals surface area contributed by atoms with E-state index in [0.717, 1.165) is 57.8 Å². The minimum absolute atomic E-state index is 0.112. The normalized spacial score (nSPS) is 21.5. The van der Waals surface area contributed by atoms with Gasteiger partial charge in [-0.3, -0.25) is 9.59 Å². The van der Waals surface area contributed by atoms with Gasteiger partial charge in [-0.05, 0) is 81.5 Å². The van der Waals surface area contributed by atoms with Gasteiger partial charge in [0.2, 0.25) is 11.8 Å². The highest BCUT2D eigenvalue weighted by Crippen LogP contribution is 2.51. The number of methoxy groups -OCH3 is 1. The fraction of sp³-hybridized carbons (Fsp3) is 0.370. The first-order valence-corrected chi connectivity index (χ1v) is 22.0. The van der Waals surface area contributed by atoms with E-state index in [1.807, 2.05) is 66.7 Å². The van der Waals surface area contributed by atoms with Crippen molar-refractivity contribution in [3.63, 3.8) is 0 Å². The van der Waals surface area contributed by atoms with Gasteiger partial charge >= 0.3 is 13.2 Å². The zero-order valence-electron chi connectivity index (χ0n) is 33.4. The summed E-state index contributed by atoms with van der Waals surface area (Å²) in [6, 6.07) is 32.2. The predicted molar refractivity (Wildman–Crippen MR) is 225 cm³/mol. The topological polar surface area (TPSA) is 123 Å². The van der Waals surface area contributed by atoms with Gasteiger partial charge in [-0.1, -0.05) is 137 Å². The molecule has 296 valence electrons. The number of carbonyl (C=O) groups excluding carboxylic acids is 3. The van der Waals surface area contributed by atoms with Crippen LogP contribution in [0.3, 0.4) is 0 Å². The van der Waals surface area contributed by atoms with E-state index in [1.165, 1.54) is 5.57 Å². The van der Waals surface area contributed by atoms with Gasteiger partial charge in [0.25, 0.3) is 8.32 Å². The summed E-state index contributed by atoms with van der Waals surface area (Å²) in [6.45, 7) is 8.97. The first-order chi connectivity index (χ1) is 27.4. The molecule has 0 saturated carbocycles. The minimum atomic E-state index is -3.03. The van der Waals surface area contributed by atoms with Crippen LogP contribution in [0.1, 0.15) is 65.4 Å². The third kappa shape index (κ3) is 7.54. The minimum Gasteiger partial charge on any atom is -0.507 e. The number of rotatable bonds is 11. The molecule has 2 aliphatic heterocycles. The molecule has 2 N–H and O–H groups in total. The molecule has 11 heteroatoms. The third-order valence-electron chi connectivity index (χ3n) is 12.1. The molecule has 3 amide bonds. The highest BCUT2D eigenvalue weighted by molar-refractivity contribution is 6.99. The summed E-state index contributed by atoms with van der Waals surface area (Å²) in [5, 5.41) is 25.5. The van der Waals surface area contributed by atoms with Gasteiger partial charge in [0.1, 0.15) is 5.75 Å². The molecule has 2 fully saturated rings. The number of imide groups is 3. The molecule has 0 radical (unpaired) electrons. The standard InChI is InChI=1S/C46H52BNO8Si/c1-6-15-30(26-31-23-24-39(49)36-21-14-13-20-35(31)36)22-25-40-41-32(27-37-42(38(41)28-47(53)56-40)44(51)48(43(37)50)45(52)54-5)29-55-57(46(2,3)4,33-16-9-7-10-17-33)34-18-11-8-12-19-34/h7-14,16-21,23-24,26,37-38,40,42,49,53H,6,15,22,25,27-29H2,1-5H3/b30-26+/t37-,38+,40-,42-/m1/s1. The van der Waals surface area contributed by atoms with E-state index in [1.54, 1.807) is 6.07 Å². The number of phenolic OH excluding ortho intramolecular Hbond substituents is 1. The van der Waals surface area contributed by atoms with E-state index >= 15 is 0 Å². The number of hydrogen-bond acceptors (Lipinski definition) is 8. The van der Waals surface area contributed by atoms with Gasteiger partial charge in [-0.2, -0.15) is 4.90 Å². The Morgan fingerprint density at radius 1 is 0.895 bits per heavy atom. The number of carbonyl (C=O) groups is 3. The Hall–Kier alpha value is -4.81. The fourth-order valence-electron chi connectivity index (χ4n) is 9.68. The quantitative estimate of drug-likeness (QED) is 0.0904. The Kier molecular flexibility index (Phi) is 11.7. The Balaban J connectivity index is 1.31. The number of nitrogens with zero attached hydrogens (tertiary/aromatic N) is 1. The van der Waals surface area contributed by atoms with Crippen molar-refractivity contribution in [1.82, 2.24) is 4.90 Å². The molecule has 4 aromatic rings. The van der Waals surface area contributed by atoms with Crippen LogP contribution in [0, 0.1) is 17.8 Å². The van der Waals surface area contributed by atoms with Gasteiger partial charge in [-0.25, -0.2) is 4.79 Å². The van der Waals surface area contributed by atoms with Crippen molar-refractivity contribution in [1.29, 1.82) is 0 Å². The Morgan fingerprint density at radius 2 is 1.53 bits per heavy atom. The zero-order chi connectivity index (χ0) is 40.5. The van der Waals surface area contributed by atoms with E-state index in [0.29, 0.717) is 17.7 Å². The van der Waals surface area contributed by atoms with Crippen LogP contribution in [0.25, 0.3) is 16.8 Å². The van der Waals surface area contributed by atoms with Gasteiger partial charge in [0.05, 0.1) is 31.7 Å². The molecule has 2 saturated heterocycles. The van der Waals surface area contributed by atoms with Gasteiger partial charge < -0.3 is 23.9 Å². The Morgan fingerprint density at radius 3 is 2.14 bits per heavy atom. The molecule has 0 unspecified atom stereocenters. The van der Waals surface area contributed by atoms with E-state index in [9.17, 15) is 24.5 Å². The first-order valence-electron chi connectivity index (χ1n) is 20.1. The van der Waals surface area contributed by atoms with E-state index in [-0.39, 0.29) is 30.1 Å². The molecule has 1 aliphatic carbocycles. The maximum atomic E-state index is 14.0. The number of fused-ring (bicyclic) bond motifs is 4. The van der Waals surface area contributed by atoms with Crippen LogP contribution >= 0.6 is 0 Å². The zero-order valence-corrected chi connectivity index (χ0v) is 34.4. The maximum Gasteiger partial charge on any atom is 0.455 e. The van der Waals surface area contributed by atoms with E-state index in [4.69, 9.17) is 13.8 Å². The summed E-state index contributed by atoms with van der Waals surface area (Å²) in [4.78, 5) is 41.5. The second kappa shape index (κ2) is 16.6. The molecule has 57 heavy (non-hydrogen) atoms. The highest BCUT2D eigenvalue weighted by atomic mass is 28.4. The molecule has 4 aromatic carbocycles. The average molecular weight is 786 g/mol. The molecule has 0 bridgehead atoms. The van der Waals surface area contributed by atoms with Gasteiger partial charge in [-0.15, -0.1) is 0 Å². The summed E-state index contributed by atoms with van der Waals surface area (Å²) in [7, 11) is -3.04. The van der Waals surface area contributed by atoms with Crippen molar-refractivity contribution in [2.75, 3.05) is 13.7 Å². The van der Waals surface area contributed by atoms with Crippen LogP contribution in [0.2, 0.25) is 11.4 Å². The number of phenols is 1. The monoisotopic (exact) mass is 785 g/mol. The van der Waals surface area contributed by atoms with Crippen LogP contribution in [0.4, 0.5) is 4.79 Å². The molecule has 3 aliphatic rings. The van der Waals surface area contributed by atoms with Crippen LogP contribution in [-0.4, -0.2) is 68.2 Å². The van der Waals surface area contributed by atoms with Crippen LogP contribution < -0.4 is 10.4 Å². The number of ether oxygens (including phenoxy) is 1. The molecular weight excluding hydrogens is 733 g/mol. The Labute approximate surface area is 336 Å². The number of aromatic hydroxyl groups is 1. The molecular formula is C46H52BNO8Si. The van der Waals surface area contributed by atoms with Crippen molar-refractivity contribution in [2.24, 2.45) is 17.8 Å². The van der Waals surface area contributed by atoms with Crippen molar-refractivity contribution in [3.8, 4) is 5.75 Å². The fourth-order valence-corrected chi connectivity index (χ4v) is 14.2. The predicted octanol–water partition coefficient (Wildman–Crippen LogP) is 7.65. The van der Waals surface area contributed by atoms with Crippen LogP contribution in [-0.2, 0) is 23.4 Å². The van der Waals surface area contributed by atoms with Crippen LogP contribution in [0.15, 0.2) is 114 Å². The second-order valence-corrected chi connectivity index (χ2v) is 20.9. The highest BCUT2D eigenvalue weighted by Gasteiger charge is 2.60. The van der Waals surface area contributed by atoms with Crippen LogP contribution in [0.5, 0.6) is 5.75 Å². The van der Waals surface area contributed by atoms with Crippen molar-refractivity contribution < 1.29 is 38.3 Å². The summed E-state index contributed by atoms with van der Waals surface area (Å²) >= 11 is 0. The number of hydrogen-bond donors (Lipinski definition) is 2. The lowest BCUT2D eigenvalue weighted by Gasteiger charge is -2.46. The Bertz CT molecular complexity index is 2160. The van der Waals surface area contributed by atoms with E-state index in [2.05, 4.69) is 58.0 Å². The molecule has 2 heterocycles. The first kappa shape index (κ1) is 40.4. The average Bonchev–Trinajstić information content (AvgIpc) is 3.46. The lowest BCUT2D eigenvalue weighted by Crippen LogP contribution is -2.66.